The first-order chi connectivity index (χ1) is 13.1. The minimum absolute atomic E-state index is 0.104. The highest BCUT2D eigenvalue weighted by Gasteiger charge is 2.24. The van der Waals surface area contributed by atoms with E-state index in [4.69, 9.17) is 14.2 Å². The van der Waals surface area contributed by atoms with Crippen LogP contribution in [0.15, 0.2) is 48.5 Å². The highest BCUT2D eigenvalue weighted by molar-refractivity contribution is 5.92. The van der Waals surface area contributed by atoms with Gasteiger partial charge in [0, 0.05) is 18.7 Å². The van der Waals surface area contributed by atoms with Gasteiger partial charge in [-0.2, -0.15) is 0 Å². The zero-order valence-electron chi connectivity index (χ0n) is 15.4. The fraction of sp³-hybridized carbons (Fsp3) is 0.286. The predicted molar refractivity (Wildman–Crippen MR) is 100 cm³/mol. The van der Waals surface area contributed by atoms with E-state index in [0.717, 1.165) is 11.1 Å². The van der Waals surface area contributed by atoms with Gasteiger partial charge in [0.1, 0.15) is 23.4 Å². The zero-order valence-corrected chi connectivity index (χ0v) is 15.4. The largest absolute Gasteiger partial charge is 0.497 e. The van der Waals surface area contributed by atoms with Crippen molar-refractivity contribution in [2.75, 3.05) is 33.9 Å². The summed E-state index contributed by atoms with van der Waals surface area (Å²) in [5.41, 5.74) is 1.67. The SMILES string of the molecule is COc1cc(/C=C/C(=O)N2CCOC(c3ccc(F)cc3)C2)cc(OC)c1. The molecule has 142 valence electrons. The van der Waals surface area contributed by atoms with Gasteiger partial charge in [0.2, 0.25) is 5.91 Å². The summed E-state index contributed by atoms with van der Waals surface area (Å²) < 4.78 is 29.3. The number of halogens is 1. The van der Waals surface area contributed by atoms with Crippen LogP contribution in [-0.2, 0) is 9.53 Å². The quantitative estimate of drug-likeness (QED) is 0.756. The fourth-order valence-corrected chi connectivity index (χ4v) is 2.93. The van der Waals surface area contributed by atoms with Crippen LogP contribution in [0.1, 0.15) is 17.2 Å². The highest BCUT2D eigenvalue weighted by atomic mass is 19.1. The Balaban J connectivity index is 1.68. The van der Waals surface area contributed by atoms with Gasteiger partial charge in [0.25, 0.3) is 0 Å². The van der Waals surface area contributed by atoms with E-state index in [1.54, 1.807) is 43.4 Å². The second kappa shape index (κ2) is 8.68. The molecule has 0 aromatic heterocycles. The summed E-state index contributed by atoms with van der Waals surface area (Å²) in [4.78, 5) is 14.3. The molecular weight excluding hydrogens is 349 g/mol. The molecule has 1 amide bonds. The van der Waals surface area contributed by atoms with Crippen LogP contribution < -0.4 is 9.47 Å². The highest BCUT2D eigenvalue weighted by Crippen LogP contribution is 2.24. The number of nitrogens with zero attached hydrogens (tertiary/aromatic N) is 1. The summed E-state index contributed by atoms with van der Waals surface area (Å²) in [7, 11) is 3.16. The summed E-state index contributed by atoms with van der Waals surface area (Å²) in [5, 5.41) is 0. The summed E-state index contributed by atoms with van der Waals surface area (Å²) in [6, 6.07) is 11.6. The first kappa shape index (κ1) is 18.9. The Hall–Kier alpha value is -2.86. The number of amides is 1. The molecular formula is C21H22FNO4. The van der Waals surface area contributed by atoms with Gasteiger partial charge < -0.3 is 19.1 Å². The van der Waals surface area contributed by atoms with Crippen molar-refractivity contribution in [3.63, 3.8) is 0 Å². The average Bonchev–Trinajstić information content (AvgIpc) is 2.72. The van der Waals surface area contributed by atoms with Crippen molar-refractivity contribution in [2.45, 2.75) is 6.10 Å². The minimum atomic E-state index is -0.292. The van der Waals surface area contributed by atoms with Crippen molar-refractivity contribution in [3.8, 4) is 11.5 Å². The van der Waals surface area contributed by atoms with Crippen LogP contribution in [0.25, 0.3) is 6.08 Å². The number of methoxy groups -OCH3 is 2. The third-order valence-corrected chi connectivity index (χ3v) is 4.41. The lowest BCUT2D eigenvalue weighted by molar-refractivity contribution is -0.133. The maximum absolute atomic E-state index is 13.1. The maximum atomic E-state index is 13.1. The molecule has 27 heavy (non-hydrogen) atoms. The molecule has 5 nitrogen and oxygen atoms in total. The third kappa shape index (κ3) is 4.86. The second-order valence-electron chi connectivity index (χ2n) is 6.17. The van der Waals surface area contributed by atoms with Gasteiger partial charge in [0.05, 0.1) is 27.4 Å². The van der Waals surface area contributed by atoms with Crippen molar-refractivity contribution in [3.05, 3.63) is 65.5 Å². The monoisotopic (exact) mass is 371 g/mol. The Morgan fingerprint density at radius 3 is 2.44 bits per heavy atom. The molecule has 0 bridgehead atoms. The van der Waals surface area contributed by atoms with Crippen LogP contribution in [0.2, 0.25) is 0 Å². The summed E-state index contributed by atoms with van der Waals surface area (Å²) >= 11 is 0. The lowest BCUT2D eigenvalue weighted by atomic mass is 10.1. The number of benzene rings is 2. The molecule has 0 radical (unpaired) electrons. The number of hydrogen-bond donors (Lipinski definition) is 0. The zero-order chi connectivity index (χ0) is 19.2. The Morgan fingerprint density at radius 2 is 1.81 bits per heavy atom. The lowest BCUT2D eigenvalue weighted by Gasteiger charge is -2.32. The van der Waals surface area contributed by atoms with Crippen LogP contribution >= 0.6 is 0 Å². The number of carbonyl (C=O) groups excluding carboxylic acids is 1. The van der Waals surface area contributed by atoms with E-state index in [2.05, 4.69) is 0 Å². The molecule has 1 fully saturated rings. The van der Waals surface area contributed by atoms with Crippen molar-refractivity contribution < 1.29 is 23.4 Å². The van der Waals surface area contributed by atoms with E-state index in [1.165, 1.54) is 18.2 Å². The number of morpholine rings is 1. The maximum Gasteiger partial charge on any atom is 0.246 e. The van der Waals surface area contributed by atoms with Crippen LogP contribution in [0, 0.1) is 5.82 Å². The van der Waals surface area contributed by atoms with Gasteiger partial charge in [-0.3, -0.25) is 4.79 Å². The van der Waals surface area contributed by atoms with Crippen molar-refractivity contribution >= 4 is 12.0 Å². The Kier molecular flexibility index (Phi) is 6.08. The summed E-state index contributed by atoms with van der Waals surface area (Å²) in [6.45, 7) is 1.38. The molecule has 1 saturated heterocycles. The van der Waals surface area contributed by atoms with E-state index < -0.39 is 0 Å². The van der Waals surface area contributed by atoms with E-state index >= 15 is 0 Å². The van der Waals surface area contributed by atoms with E-state index in [-0.39, 0.29) is 17.8 Å². The van der Waals surface area contributed by atoms with Gasteiger partial charge in [-0.1, -0.05) is 12.1 Å². The van der Waals surface area contributed by atoms with E-state index in [9.17, 15) is 9.18 Å². The van der Waals surface area contributed by atoms with E-state index in [0.29, 0.717) is 31.2 Å². The molecule has 3 rings (SSSR count). The molecule has 1 heterocycles. The van der Waals surface area contributed by atoms with Crippen LogP contribution in [0.3, 0.4) is 0 Å². The number of carbonyl (C=O) groups is 1. The molecule has 0 N–H and O–H groups in total. The molecule has 0 spiro atoms. The number of rotatable bonds is 5. The minimum Gasteiger partial charge on any atom is -0.497 e. The first-order valence-electron chi connectivity index (χ1n) is 8.66. The predicted octanol–water partition coefficient (Wildman–Crippen LogP) is 3.46. The molecule has 1 atom stereocenters. The van der Waals surface area contributed by atoms with Crippen LogP contribution in [0.5, 0.6) is 11.5 Å². The summed E-state index contributed by atoms with van der Waals surface area (Å²) in [6.07, 6.45) is 3.00. The van der Waals surface area contributed by atoms with E-state index in [1.807, 2.05) is 12.1 Å². The fourth-order valence-electron chi connectivity index (χ4n) is 2.93. The molecule has 2 aromatic rings. The smallest absolute Gasteiger partial charge is 0.246 e. The van der Waals surface area contributed by atoms with Gasteiger partial charge in [-0.15, -0.1) is 0 Å². The Labute approximate surface area is 158 Å². The van der Waals surface area contributed by atoms with Crippen LogP contribution in [-0.4, -0.2) is 44.7 Å². The van der Waals surface area contributed by atoms with Crippen molar-refractivity contribution in [1.82, 2.24) is 4.90 Å². The van der Waals surface area contributed by atoms with Gasteiger partial charge in [0.15, 0.2) is 0 Å². The number of ether oxygens (including phenoxy) is 3. The van der Waals surface area contributed by atoms with Crippen molar-refractivity contribution in [2.24, 2.45) is 0 Å². The Morgan fingerprint density at radius 1 is 1.15 bits per heavy atom. The molecule has 0 saturated carbocycles. The second-order valence-corrected chi connectivity index (χ2v) is 6.17. The summed E-state index contributed by atoms with van der Waals surface area (Å²) in [5.74, 6) is 0.916. The molecule has 6 heteroatoms. The molecule has 1 aliphatic rings. The molecule has 2 aromatic carbocycles. The lowest BCUT2D eigenvalue weighted by Crippen LogP contribution is -2.41. The topological polar surface area (TPSA) is 48.0 Å². The van der Waals surface area contributed by atoms with Gasteiger partial charge >= 0.3 is 0 Å². The number of hydrogen-bond acceptors (Lipinski definition) is 4. The van der Waals surface area contributed by atoms with Gasteiger partial charge in [-0.25, -0.2) is 4.39 Å². The Bertz CT molecular complexity index is 797. The average molecular weight is 371 g/mol. The van der Waals surface area contributed by atoms with Gasteiger partial charge in [-0.05, 0) is 41.5 Å². The molecule has 1 unspecified atom stereocenters. The first-order valence-corrected chi connectivity index (χ1v) is 8.66. The van der Waals surface area contributed by atoms with Crippen LogP contribution in [0.4, 0.5) is 4.39 Å². The normalized spacial score (nSPS) is 17.1. The standard InChI is InChI=1S/C21H22FNO4/c1-25-18-11-15(12-19(13-18)26-2)3-8-21(24)23-9-10-27-20(14-23)16-4-6-17(22)7-5-16/h3-8,11-13,20H,9-10,14H2,1-2H3/b8-3+. The molecule has 1 aliphatic heterocycles. The van der Waals surface area contributed by atoms with Crippen molar-refractivity contribution in [1.29, 1.82) is 0 Å². The molecule has 0 aliphatic carbocycles. The third-order valence-electron chi connectivity index (χ3n) is 4.41.